The fraction of sp³-hybridized carbons (Fsp3) is 0.0909. The molecule has 5 nitrogen and oxygen atoms in total. The summed E-state index contributed by atoms with van der Waals surface area (Å²) in [4.78, 5) is 23.7. The SMILES string of the molecule is O=C(O)c1ccc(NC(=O)c2cccc(C(F)(F)C(F)(F)F)c2Oc2cccc(F)c2Cl)cc1. The highest BCUT2D eigenvalue weighted by Crippen LogP contribution is 2.49. The van der Waals surface area contributed by atoms with Crippen LogP contribution in [0.1, 0.15) is 26.3 Å². The lowest BCUT2D eigenvalue weighted by Crippen LogP contribution is -2.34. The van der Waals surface area contributed by atoms with Crippen molar-refractivity contribution in [1.82, 2.24) is 0 Å². The zero-order chi connectivity index (χ0) is 25.3. The van der Waals surface area contributed by atoms with Gasteiger partial charge in [0, 0.05) is 5.69 Å². The van der Waals surface area contributed by atoms with Crippen molar-refractivity contribution < 1.29 is 45.8 Å². The quantitative estimate of drug-likeness (QED) is 0.360. The van der Waals surface area contributed by atoms with Gasteiger partial charge in [-0.2, -0.15) is 22.0 Å². The van der Waals surface area contributed by atoms with E-state index in [9.17, 15) is 35.9 Å². The molecule has 0 unspecified atom stereocenters. The predicted molar refractivity (Wildman–Crippen MR) is 109 cm³/mol. The lowest BCUT2D eigenvalue weighted by molar-refractivity contribution is -0.289. The molecule has 3 aromatic carbocycles. The number of aromatic carboxylic acids is 1. The Balaban J connectivity index is 2.10. The van der Waals surface area contributed by atoms with Crippen molar-refractivity contribution in [2.24, 2.45) is 0 Å². The first-order chi connectivity index (χ1) is 15.8. The Labute approximate surface area is 192 Å². The standard InChI is InChI=1S/C22H12ClF6NO4/c23-17-15(24)5-2-6-16(17)34-18-13(3-1-4-14(18)21(25,26)22(27,28)29)19(31)30-12-9-7-11(8-10-12)20(32)33/h1-10H,(H,30,31)(H,32,33). The molecule has 178 valence electrons. The molecular weight excluding hydrogens is 492 g/mol. The van der Waals surface area contributed by atoms with Gasteiger partial charge in [-0.25, -0.2) is 9.18 Å². The number of hydrogen-bond donors (Lipinski definition) is 2. The number of para-hydroxylation sites is 1. The maximum Gasteiger partial charge on any atom is 0.458 e. The summed E-state index contributed by atoms with van der Waals surface area (Å²) >= 11 is 5.74. The van der Waals surface area contributed by atoms with Crippen LogP contribution in [0.25, 0.3) is 0 Å². The number of hydrogen-bond acceptors (Lipinski definition) is 3. The van der Waals surface area contributed by atoms with E-state index in [4.69, 9.17) is 21.4 Å². The van der Waals surface area contributed by atoms with Crippen LogP contribution >= 0.6 is 11.6 Å². The van der Waals surface area contributed by atoms with Gasteiger partial charge in [-0.15, -0.1) is 0 Å². The molecule has 0 aliphatic heterocycles. The van der Waals surface area contributed by atoms with Gasteiger partial charge in [0.25, 0.3) is 5.91 Å². The van der Waals surface area contributed by atoms with Crippen LogP contribution in [0.3, 0.4) is 0 Å². The third-order valence-corrected chi connectivity index (χ3v) is 4.84. The highest BCUT2D eigenvalue weighted by molar-refractivity contribution is 6.32. The van der Waals surface area contributed by atoms with Gasteiger partial charge in [0.15, 0.2) is 0 Å². The molecule has 12 heteroatoms. The van der Waals surface area contributed by atoms with Crippen molar-refractivity contribution in [2.45, 2.75) is 12.1 Å². The van der Waals surface area contributed by atoms with Crippen molar-refractivity contribution in [3.63, 3.8) is 0 Å². The van der Waals surface area contributed by atoms with Crippen LogP contribution in [0, 0.1) is 5.82 Å². The van der Waals surface area contributed by atoms with E-state index < -0.39 is 57.4 Å². The van der Waals surface area contributed by atoms with Gasteiger partial charge in [0.1, 0.15) is 22.3 Å². The monoisotopic (exact) mass is 503 g/mol. The number of carboxylic acids is 1. The van der Waals surface area contributed by atoms with Gasteiger partial charge in [0.2, 0.25) is 0 Å². The first-order valence-corrected chi connectivity index (χ1v) is 9.55. The Morgan fingerprint density at radius 2 is 1.53 bits per heavy atom. The summed E-state index contributed by atoms with van der Waals surface area (Å²) in [7, 11) is 0. The third kappa shape index (κ3) is 4.93. The molecule has 0 heterocycles. The van der Waals surface area contributed by atoms with Crippen molar-refractivity contribution in [2.75, 3.05) is 5.32 Å². The van der Waals surface area contributed by atoms with Crippen molar-refractivity contribution in [3.05, 3.63) is 88.2 Å². The Bertz CT molecular complexity index is 1250. The van der Waals surface area contributed by atoms with Crippen LogP contribution in [0.2, 0.25) is 5.02 Å². The van der Waals surface area contributed by atoms with Gasteiger partial charge >= 0.3 is 18.1 Å². The predicted octanol–water partition coefficient (Wildman–Crippen LogP) is 6.88. The van der Waals surface area contributed by atoms with E-state index in [0.29, 0.717) is 6.07 Å². The summed E-state index contributed by atoms with van der Waals surface area (Å²) in [6, 6.07) is 9.74. The minimum Gasteiger partial charge on any atom is -0.478 e. The second-order valence-corrected chi connectivity index (χ2v) is 7.12. The lowest BCUT2D eigenvalue weighted by atomic mass is 10.0. The van der Waals surface area contributed by atoms with E-state index >= 15 is 0 Å². The Kier molecular flexibility index (Phi) is 6.78. The maximum atomic E-state index is 14.3. The van der Waals surface area contributed by atoms with Crippen molar-refractivity contribution in [1.29, 1.82) is 0 Å². The number of carbonyl (C=O) groups excluding carboxylic acids is 1. The van der Waals surface area contributed by atoms with Gasteiger partial charge in [-0.05, 0) is 48.5 Å². The molecule has 0 atom stereocenters. The van der Waals surface area contributed by atoms with Crippen LogP contribution in [0.5, 0.6) is 11.5 Å². The largest absolute Gasteiger partial charge is 0.478 e. The summed E-state index contributed by atoms with van der Waals surface area (Å²) in [6.45, 7) is 0. The second kappa shape index (κ2) is 9.26. The van der Waals surface area contributed by atoms with E-state index in [1.807, 2.05) is 0 Å². The molecule has 0 bridgehead atoms. The summed E-state index contributed by atoms with van der Waals surface area (Å²) < 4.78 is 86.9. The molecule has 0 aliphatic rings. The number of halogens is 7. The Hall–Kier alpha value is -3.73. The number of alkyl halides is 5. The average molecular weight is 504 g/mol. The Morgan fingerprint density at radius 3 is 2.12 bits per heavy atom. The van der Waals surface area contributed by atoms with Gasteiger partial charge in [-0.1, -0.05) is 23.7 Å². The van der Waals surface area contributed by atoms with Gasteiger partial charge in [-0.3, -0.25) is 4.79 Å². The summed E-state index contributed by atoms with van der Waals surface area (Å²) in [6.07, 6.45) is -6.04. The smallest absolute Gasteiger partial charge is 0.458 e. The molecule has 0 saturated carbocycles. The molecule has 3 aromatic rings. The molecule has 0 aliphatic carbocycles. The number of anilines is 1. The number of rotatable bonds is 6. The van der Waals surface area contributed by atoms with Gasteiger partial charge < -0.3 is 15.2 Å². The third-order valence-electron chi connectivity index (χ3n) is 4.47. The molecule has 0 saturated heterocycles. The minimum absolute atomic E-state index is 0.0118. The number of carbonyl (C=O) groups is 2. The summed E-state index contributed by atoms with van der Waals surface area (Å²) in [5.41, 5.74) is -2.55. The number of carboxylic acid groups (broad SMARTS) is 1. The van der Waals surface area contributed by atoms with Crippen molar-refractivity contribution >= 4 is 29.2 Å². The summed E-state index contributed by atoms with van der Waals surface area (Å²) in [5, 5.41) is 10.5. The number of ether oxygens (including phenoxy) is 1. The van der Waals surface area contributed by atoms with E-state index in [0.717, 1.165) is 42.5 Å². The zero-order valence-electron chi connectivity index (χ0n) is 16.6. The number of benzene rings is 3. The number of nitrogens with one attached hydrogen (secondary N) is 1. The molecule has 0 spiro atoms. The first kappa shape index (κ1) is 24.9. The minimum atomic E-state index is -6.04. The Morgan fingerprint density at radius 1 is 0.912 bits per heavy atom. The van der Waals surface area contributed by atoms with Crippen LogP contribution < -0.4 is 10.1 Å². The molecule has 3 rings (SSSR count). The average Bonchev–Trinajstić information content (AvgIpc) is 2.76. The molecule has 34 heavy (non-hydrogen) atoms. The maximum absolute atomic E-state index is 14.3. The van der Waals surface area contributed by atoms with Crippen LogP contribution in [0.15, 0.2) is 60.7 Å². The topological polar surface area (TPSA) is 75.6 Å². The molecule has 0 fully saturated rings. The highest BCUT2D eigenvalue weighted by atomic mass is 35.5. The fourth-order valence-electron chi connectivity index (χ4n) is 2.79. The first-order valence-electron chi connectivity index (χ1n) is 9.17. The van der Waals surface area contributed by atoms with Gasteiger partial charge in [0.05, 0.1) is 16.7 Å². The van der Waals surface area contributed by atoms with E-state index in [2.05, 4.69) is 5.32 Å². The lowest BCUT2D eigenvalue weighted by Gasteiger charge is -2.24. The summed E-state index contributed by atoms with van der Waals surface area (Å²) in [5.74, 6) is -10.7. The highest BCUT2D eigenvalue weighted by Gasteiger charge is 2.60. The molecule has 0 radical (unpaired) electrons. The molecular formula is C22H12ClF6NO4. The van der Waals surface area contributed by atoms with Crippen LogP contribution in [-0.4, -0.2) is 23.2 Å². The second-order valence-electron chi connectivity index (χ2n) is 6.75. The zero-order valence-corrected chi connectivity index (χ0v) is 17.3. The van der Waals surface area contributed by atoms with E-state index in [-0.39, 0.29) is 11.3 Å². The normalized spacial score (nSPS) is 11.7. The van der Waals surface area contributed by atoms with E-state index in [1.54, 1.807) is 0 Å². The van der Waals surface area contributed by atoms with Crippen LogP contribution in [0.4, 0.5) is 32.0 Å². The van der Waals surface area contributed by atoms with E-state index in [1.165, 1.54) is 12.1 Å². The van der Waals surface area contributed by atoms with Crippen LogP contribution in [-0.2, 0) is 5.92 Å². The molecule has 0 aromatic heterocycles. The number of amides is 1. The fourth-order valence-corrected chi connectivity index (χ4v) is 2.96. The molecule has 2 N–H and O–H groups in total. The van der Waals surface area contributed by atoms with Crippen molar-refractivity contribution in [3.8, 4) is 11.5 Å². The molecule has 1 amide bonds.